The molecule has 1 aromatic heterocycles. The summed E-state index contributed by atoms with van der Waals surface area (Å²) in [5.74, 6) is -0.690. The lowest BCUT2D eigenvalue weighted by Crippen LogP contribution is -2.21. The smallest absolute Gasteiger partial charge is 0.341 e. The molecule has 0 atom stereocenters. The van der Waals surface area contributed by atoms with Gasteiger partial charge in [-0.2, -0.15) is 0 Å². The van der Waals surface area contributed by atoms with Gasteiger partial charge >= 0.3 is 5.97 Å². The van der Waals surface area contributed by atoms with Gasteiger partial charge in [0.2, 0.25) is 0 Å². The summed E-state index contributed by atoms with van der Waals surface area (Å²) in [5.41, 5.74) is 3.11. The van der Waals surface area contributed by atoms with Crippen molar-refractivity contribution in [2.24, 2.45) is 0 Å². The topological polar surface area (TPSA) is 50.4 Å². The zero-order valence-electron chi connectivity index (χ0n) is 14.1. The van der Waals surface area contributed by atoms with Crippen LogP contribution in [0.15, 0.2) is 18.2 Å². The van der Waals surface area contributed by atoms with E-state index in [1.54, 1.807) is 6.07 Å². The number of carbonyl (C=O) groups excluding carboxylic acids is 1. The summed E-state index contributed by atoms with van der Waals surface area (Å²) in [7, 11) is 1.38. The van der Waals surface area contributed by atoms with Crippen molar-refractivity contribution in [1.82, 2.24) is 0 Å². The second kappa shape index (κ2) is 7.49. The van der Waals surface area contributed by atoms with E-state index in [0.717, 1.165) is 36.8 Å². The lowest BCUT2D eigenvalue weighted by Gasteiger charge is -2.13. The van der Waals surface area contributed by atoms with Gasteiger partial charge in [-0.1, -0.05) is 6.07 Å². The molecule has 7 heteroatoms. The van der Waals surface area contributed by atoms with Gasteiger partial charge in [0.1, 0.15) is 10.8 Å². The van der Waals surface area contributed by atoms with Gasteiger partial charge in [-0.3, -0.25) is 0 Å². The SMILES string of the molecule is COC(=O)c1c(NC(=S)Nc2cc(F)ccc2C)sc2c1CCCC2. The Bertz CT molecular complexity index is 833. The normalized spacial score (nSPS) is 13.1. The zero-order valence-corrected chi connectivity index (χ0v) is 15.7. The largest absolute Gasteiger partial charge is 0.465 e. The first-order valence-corrected chi connectivity index (χ1v) is 9.29. The van der Waals surface area contributed by atoms with Crippen LogP contribution in [0.2, 0.25) is 0 Å². The Morgan fingerprint density at radius 1 is 1.28 bits per heavy atom. The zero-order chi connectivity index (χ0) is 18.0. The molecular weight excluding hydrogens is 359 g/mol. The monoisotopic (exact) mass is 378 g/mol. The first kappa shape index (κ1) is 17.8. The van der Waals surface area contributed by atoms with Gasteiger partial charge in [0, 0.05) is 10.6 Å². The van der Waals surface area contributed by atoms with Crippen molar-refractivity contribution >= 4 is 45.3 Å². The Kier molecular flexibility index (Phi) is 5.34. The fourth-order valence-electron chi connectivity index (χ4n) is 2.96. The van der Waals surface area contributed by atoms with Gasteiger partial charge in [-0.25, -0.2) is 9.18 Å². The highest BCUT2D eigenvalue weighted by Crippen LogP contribution is 2.38. The number of rotatable bonds is 3. The van der Waals surface area contributed by atoms with Gasteiger partial charge in [0.05, 0.1) is 12.7 Å². The lowest BCUT2D eigenvalue weighted by molar-refractivity contribution is 0.0601. The van der Waals surface area contributed by atoms with Gasteiger partial charge in [-0.15, -0.1) is 11.3 Å². The third kappa shape index (κ3) is 3.82. The van der Waals surface area contributed by atoms with Crippen LogP contribution in [0.1, 0.15) is 39.2 Å². The summed E-state index contributed by atoms with van der Waals surface area (Å²) in [6, 6.07) is 4.48. The van der Waals surface area contributed by atoms with E-state index in [1.807, 2.05) is 6.92 Å². The van der Waals surface area contributed by atoms with E-state index in [0.29, 0.717) is 21.4 Å². The quantitative estimate of drug-likeness (QED) is 0.600. The Morgan fingerprint density at radius 3 is 2.80 bits per heavy atom. The standard InChI is InChI=1S/C18H19FN2O2S2/c1-10-7-8-11(19)9-13(10)20-18(24)21-16-15(17(22)23-2)12-5-3-4-6-14(12)25-16/h7-9H,3-6H2,1-2H3,(H2,20,21,24). The number of thiophene rings is 1. The van der Waals surface area contributed by atoms with E-state index in [1.165, 1.54) is 35.5 Å². The molecule has 1 aliphatic carbocycles. The van der Waals surface area contributed by atoms with Crippen LogP contribution in [0.3, 0.4) is 0 Å². The second-order valence-electron chi connectivity index (χ2n) is 5.94. The summed E-state index contributed by atoms with van der Waals surface area (Å²) in [5, 5.41) is 7.10. The Balaban J connectivity index is 1.84. The molecule has 0 aliphatic heterocycles. The van der Waals surface area contributed by atoms with Crippen molar-refractivity contribution in [2.75, 3.05) is 17.7 Å². The summed E-state index contributed by atoms with van der Waals surface area (Å²) >= 11 is 6.89. The molecular formula is C18H19FN2O2S2. The average Bonchev–Trinajstić information content (AvgIpc) is 2.95. The number of fused-ring (bicyclic) bond motifs is 1. The van der Waals surface area contributed by atoms with E-state index in [4.69, 9.17) is 17.0 Å². The first-order chi connectivity index (χ1) is 12.0. The molecule has 0 unspecified atom stereocenters. The third-order valence-electron chi connectivity index (χ3n) is 4.24. The number of hydrogen-bond donors (Lipinski definition) is 2. The molecule has 0 spiro atoms. The Labute approximate surface area is 155 Å². The number of carbonyl (C=O) groups is 1. The lowest BCUT2D eigenvalue weighted by atomic mass is 9.95. The van der Waals surface area contributed by atoms with Crippen LogP contribution in [0.4, 0.5) is 15.1 Å². The minimum atomic E-state index is -0.355. The minimum Gasteiger partial charge on any atom is -0.465 e. The number of methoxy groups -OCH3 is 1. The van der Waals surface area contributed by atoms with E-state index < -0.39 is 0 Å². The molecule has 0 fully saturated rings. The Hall–Kier alpha value is -1.99. The van der Waals surface area contributed by atoms with Crippen molar-refractivity contribution in [3.05, 3.63) is 45.6 Å². The van der Waals surface area contributed by atoms with E-state index in [-0.39, 0.29) is 11.8 Å². The van der Waals surface area contributed by atoms with Gasteiger partial charge in [-0.05, 0) is 68.1 Å². The maximum Gasteiger partial charge on any atom is 0.341 e. The van der Waals surface area contributed by atoms with Crippen LogP contribution >= 0.6 is 23.6 Å². The molecule has 1 aliphatic rings. The highest BCUT2D eigenvalue weighted by molar-refractivity contribution is 7.80. The fraction of sp³-hybridized carbons (Fsp3) is 0.333. The highest BCUT2D eigenvalue weighted by Gasteiger charge is 2.26. The van der Waals surface area contributed by atoms with Gasteiger partial charge in [0.15, 0.2) is 5.11 Å². The van der Waals surface area contributed by atoms with E-state index >= 15 is 0 Å². The molecule has 0 amide bonds. The summed E-state index contributed by atoms with van der Waals surface area (Å²) < 4.78 is 18.4. The number of halogens is 1. The molecule has 2 N–H and O–H groups in total. The number of nitrogens with one attached hydrogen (secondary N) is 2. The number of thiocarbonyl (C=S) groups is 1. The number of anilines is 2. The summed E-state index contributed by atoms with van der Waals surface area (Å²) in [6.07, 6.45) is 4.03. The summed E-state index contributed by atoms with van der Waals surface area (Å²) in [4.78, 5) is 13.4. The predicted molar refractivity (Wildman–Crippen MR) is 103 cm³/mol. The average molecular weight is 378 g/mol. The number of aryl methyl sites for hydroxylation is 2. The maximum atomic E-state index is 13.4. The number of benzene rings is 1. The Morgan fingerprint density at radius 2 is 2.04 bits per heavy atom. The van der Waals surface area contributed by atoms with E-state index in [2.05, 4.69) is 10.6 Å². The molecule has 3 rings (SSSR count). The van der Waals surface area contributed by atoms with Crippen LogP contribution in [-0.2, 0) is 17.6 Å². The first-order valence-electron chi connectivity index (χ1n) is 8.06. The molecule has 0 bridgehead atoms. The van der Waals surface area contributed by atoms with Crippen LogP contribution in [-0.4, -0.2) is 18.2 Å². The van der Waals surface area contributed by atoms with Crippen molar-refractivity contribution in [3.63, 3.8) is 0 Å². The van der Waals surface area contributed by atoms with Crippen LogP contribution in [0, 0.1) is 12.7 Å². The molecule has 2 aromatic rings. The number of ether oxygens (including phenoxy) is 1. The van der Waals surface area contributed by atoms with Crippen molar-refractivity contribution in [2.45, 2.75) is 32.6 Å². The molecule has 25 heavy (non-hydrogen) atoms. The van der Waals surface area contributed by atoms with Gasteiger partial charge < -0.3 is 15.4 Å². The second-order valence-corrected chi connectivity index (χ2v) is 7.46. The maximum absolute atomic E-state index is 13.4. The number of hydrogen-bond acceptors (Lipinski definition) is 4. The van der Waals surface area contributed by atoms with Crippen LogP contribution in [0.5, 0.6) is 0 Å². The molecule has 0 saturated heterocycles. The molecule has 0 saturated carbocycles. The molecule has 1 heterocycles. The van der Waals surface area contributed by atoms with Crippen molar-refractivity contribution in [1.29, 1.82) is 0 Å². The minimum absolute atomic E-state index is 0.317. The fourth-order valence-corrected chi connectivity index (χ4v) is 4.52. The summed E-state index contributed by atoms with van der Waals surface area (Å²) in [6.45, 7) is 1.87. The molecule has 4 nitrogen and oxygen atoms in total. The van der Waals surface area contributed by atoms with Gasteiger partial charge in [0.25, 0.3) is 0 Å². The highest BCUT2D eigenvalue weighted by atomic mass is 32.1. The molecule has 132 valence electrons. The molecule has 1 aromatic carbocycles. The van der Waals surface area contributed by atoms with Crippen molar-refractivity contribution < 1.29 is 13.9 Å². The predicted octanol–water partition coefficient (Wildman–Crippen LogP) is 4.67. The third-order valence-corrected chi connectivity index (χ3v) is 5.65. The van der Waals surface area contributed by atoms with E-state index in [9.17, 15) is 9.18 Å². The number of esters is 1. The van der Waals surface area contributed by atoms with Crippen LogP contribution < -0.4 is 10.6 Å². The van der Waals surface area contributed by atoms with Crippen LogP contribution in [0.25, 0.3) is 0 Å². The molecule has 0 radical (unpaired) electrons. The van der Waals surface area contributed by atoms with Crippen molar-refractivity contribution in [3.8, 4) is 0 Å².